The van der Waals surface area contributed by atoms with E-state index in [0.717, 1.165) is 25.3 Å². The molecule has 0 heterocycles. The normalized spacial score (nSPS) is 27.3. The van der Waals surface area contributed by atoms with E-state index in [0.29, 0.717) is 6.42 Å². The number of likely N-dealkylation sites (N-methyl/N-ethyl adjacent to an activating group) is 1. The molecule has 1 fully saturated rings. The summed E-state index contributed by atoms with van der Waals surface area (Å²) in [7, 11) is 1.79. The fourth-order valence-electron chi connectivity index (χ4n) is 2.61. The molecule has 2 rings (SSSR count). The van der Waals surface area contributed by atoms with E-state index < -0.39 is 11.6 Å². The van der Waals surface area contributed by atoms with Crippen LogP contribution in [0.2, 0.25) is 0 Å². The van der Waals surface area contributed by atoms with Gasteiger partial charge in [0, 0.05) is 12.0 Å². The number of ether oxygens (including phenoxy) is 1. The molecule has 0 spiro atoms. The number of hydrogen-bond acceptors (Lipinski definition) is 3. The smallest absolute Gasteiger partial charge is 0.200 e. The van der Waals surface area contributed by atoms with Crippen molar-refractivity contribution in [1.29, 1.82) is 0 Å². The minimum Gasteiger partial charge on any atom is -0.487 e. The van der Waals surface area contributed by atoms with E-state index in [4.69, 9.17) is 4.74 Å². The molecule has 1 aliphatic rings. The van der Waals surface area contributed by atoms with E-state index in [1.54, 1.807) is 7.05 Å². The molecule has 0 aromatic heterocycles. The molecule has 2 atom stereocenters. The lowest BCUT2D eigenvalue weighted by molar-refractivity contribution is 0.0531. The largest absolute Gasteiger partial charge is 0.487 e. The fraction of sp³-hybridized carbons (Fsp3) is 0.571. The molecule has 3 nitrogen and oxygen atoms in total. The van der Waals surface area contributed by atoms with E-state index in [2.05, 4.69) is 5.32 Å². The Morgan fingerprint density at radius 2 is 2.26 bits per heavy atom. The Balaban J connectivity index is 2.09. The van der Waals surface area contributed by atoms with Gasteiger partial charge in [-0.1, -0.05) is 6.07 Å². The minimum atomic E-state index is -0.952. The van der Waals surface area contributed by atoms with Gasteiger partial charge >= 0.3 is 0 Å². The maximum Gasteiger partial charge on any atom is 0.200 e. The van der Waals surface area contributed by atoms with Crippen LogP contribution in [0.15, 0.2) is 18.2 Å². The van der Waals surface area contributed by atoms with Gasteiger partial charge in [0.15, 0.2) is 11.6 Å². The van der Waals surface area contributed by atoms with Crippen LogP contribution in [0.1, 0.15) is 25.7 Å². The zero-order valence-electron chi connectivity index (χ0n) is 11.0. The lowest BCUT2D eigenvalue weighted by Crippen LogP contribution is -2.52. The lowest BCUT2D eigenvalue weighted by Gasteiger charge is -2.39. The molecule has 0 amide bonds. The van der Waals surface area contributed by atoms with Gasteiger partial charge in [0.1, 0.15) is 6.10 Å². The molecule has 2 unspecified atom stereocenters. The monoisotopic (exact) mass is 271 g/mol. The fourth-order valence-corrected chi connectivity index (χ4v) is 2.61. The number of nitrogens with one attached hydrogen (secondary N) is 1. The number of rotatable bonds is 4. The van der Waals surface area contributed by atoms with E-state index in [-0.39, 0.29) is 24.0 Å². The Morgan fingerprint density at radius 3 is 2.95 bits per heavy atom. The molecular formula is C14H19F2NO2. The Bertz CT molecular complexity index is 435. The highest BCUT2D eigenvalue weighted by Gasteiger charge is 2.35. The molecule has 0 bridgehead atoms. The summed E-state index contributed by atoms with van der Waals surface area (Å²) in [6.45, 7) is 0.00892. The van der Waals surface area contributed by atoms with Crippen molar-refractivity contribution in [2.24, 2.45) is 0 Å². The molecule has 1 aromatic rings. The third kappa shape index (κ3) is 3.04. The van der Waals surface area contributed by atoms with Gasteiger partial charge in [-0.2, -0.15) is 4.39 Å². The van der Waals surface area contributed by atoms with Gasteiger partial charge < -0.3 is 15.2 Å². The molecule has 19 heavy (non-hydrogen) atoms. The van der Waals surface area contributed by atoms with Gasteiger partial charge in [0.25, 0.3) is 0 Å². The van der Waals surface area contributed by atoms with Crippen molar-refractivity contribution >= 4 is 0 Å². The molecule has 1 aliphatic carbocycles. The van der Waals surface area contributed by atoms with Crippen LogP contribution in [0, 0.1) is 11.6 Å². The van der Waals surface area contributed by atoms with E-state index in [9.17, 15) is 13.9 Å². The van der Waals surface area contributed by atoms with Crippen LogP contribution in [0.4, 0.5) is 8.78 Å². The maximum absolute atomic E-state index is 13.5. The Morgan fingerprint density at radius 1 is 1.47 bits per heavy atom. The quantitative estimate of drug-likeness (QED) is 0.882. The van der Waals surface area contributed by atoms with Crippen LogP contribution in [0.5, 0.6) is 5.75 Å². The van der Waals surface area contributed by atoms with Gasteiger partial charge in [-0.15, -0.1) is 0 Å². The van der Waals surface area contributed by atoms with Gasteiger partial charge in [-0.25, -0.2) is 4.39 Å². The molecule has 1 aromatic carbocycles. The van der Waals surface area contributed by atoms with Gasteiger partial charge in [0.2, 0.25) is 5.82 Å². The summed E-state index contributed by atoms with van der Waals surface area (Å²) in [5, 5.41) is 12.6. The van der Waals surface area contributed by atoms with Crippen LogP contribution < -0.4 is 10.1 Å². The Hall–Kier alpha value is -1.20. The highest BCUT2D eigenvalue weighted by molar-refractivity contribution is 5.25. The zero-order valence-corrected chi connectivity index (χ0v) is 11.0. The van der Waals surface area contributed by atoms with E-state index >= 15 is 0 Å². The third-order valence-corrected chi connectivity index (χ3v) is 3.84. The Kier molecular flexibility index (Phi) is 4.37. The minimum absolute atomic E-state index is 0.00892. The number of hydrogen-bond donors (Lipinski definition) is 2. The molecule has 2 N–H and O–H groups in total. The van der Waals surface area contributed by atoms with Gasteiger partial charge in [-0.3, -0.25) is 0 Å². The molecule has 106 valence electrons. The van der Waals surface area contributed by atoms with Gasteiger partial charge in [-0.05, 0) is 38.4 Å². The summed E-state index contributed by atoms with van der Waals surface area (Å²) in [5.74, 6) is -1.92. The highest BCUT2D eigenvalue weighted by Crippen LogP contribution is 2.31. The van der Waals surface area contributed by atoms with Crippen molar-refractivity contribution in [2.45, 2.75) is 37.3 Å². The second-order valence-corrected chi connectivity index (χ2v) is 5.08. The number of halogens is 2. The second kappa shape index (κ2) is 5.84. The van der Waals surface area contributed by atoms with Crippen molar-refractivity contribution in [3.63, 3.8) is 0 Å². The first-order valence-electron chi connectivity index (χ1n) is 6.51. The number of benzene rings is 1. The highest BCUT2D eigenvalue weighted by atomic mass is 19.2. The van der Waals surface area contributed by atoms with Crippen LogP contribution in [-0.2, 0) is 0 Å². The first kappa shape index (κ1) is 14.2. The van der Waals surface area contributed by atoms with Crippen molar-refractivity contribution in [2.75, 3.05) is 13.7 Å². The van der Waals surface area contributed by atoms with E-state index in [1.165, 1.54) is 12.1 Å². The Labute approximate surface area is 111 Å². The van der Waals surface area contributed by atoms with Crippen LogP contribution in [0.3, 0.4) is 0 Å². The summed E-state index contributed by atoms with van der Waals surface area (Å²) in [6, 6.07) is 3.91. The second-order valence-electron chi connectivity index (χ2n) is 5.08. The SMILES string of the molecule is CNC1(CO)CCCC(Oc2cccc(F)c2F)C1. The topological polar surface area (TPSA) is 41.5 Å². The lowest BCUT2D eigenvalue weighted by atomic mass is 9.81. The van der Waals surface area contributed by atoms with Crippen LogP contribution in [-0.4, -0.2) is 30.4 Å². The molecule has 0 saturated heterocycles. The van der Waals surface area contributed by atoms with Crippen molar-refractivity contribution in [3.8, 4) is 5.75 Å². The average molecular weight is 271 g/mol. The maximum atomic E-state index is 13.5. The summed E-state index contributed by atoms with van der Waals surface area (Å²) in [4.78, 5) is 0. The average Bonchev–Trinajstić information content (AvgIpc) is 2.44. The molecule has 0 aliphatic heterocycles. The standard InChI is InChI=1S/C14H19F2NO2/c1-17-14(9-18)7-3-4-10(8-14)19-12-6-2-5-11(15)13(12)16/h2,5-6,10,17-18H,3-4,7-9H2,1H3. The first-order valence-corrected chi connectivity index (χ1v) is 6.51. The molecular weight excluding hydrogens is 252 g/mol. The summed E-state index contributed by atoms with van der Waals surface area (Å²) < 4.78 is 32.2. The van der Waals surface area contributed by atoms with Crippen molar-refractivity contribution in [1.82, 2.24) is 5.32 Å². The van der Waals surface area contributed by atoms with E-state index in [1.807, 2.05) is 0 Å². The van der Waals surface area contributed by atoms with Crippen LogP contribution in [0.25, 0.3) is 0 Å². The zero-order chi connectivity index (χ0) is 13.9. The predicted molar refractivity (Wildman–Crippen MR) is 68.1 cm³/mol. The number of aliphatic hydroxyl groups is 1. The molecule has 0 radical (unpaired) electrons. The first-order chi connectivity index (χ1) is 9.10. The summed E-state index contributed by atoms with van der Waals surface area (Å²) in [6.07, 6.45) is 2.87. The van der Waals surface area contributed by atoms with Gasteiger partial charge in [0.05, 0.1) is 6.61 Å². The van der Waals surface area contributed by atoms with Crippen LogP contribution >= 0.6 is 0 Å². The third-order valence-electron chi connectivity index (χ3n) is 3.84. The van der Waals surface area contributed by atoms with Crippen molar-refractivity contribution < 1.29 is 18.6 Å². The summed E-state index contributed by atoms with van der Waals surface area (Å²) in [5.41, 5.74) is -0.382. The van der Waals surface area contributed by atoms with Crippen molar-refractivity contribution in [3.05, 3.63) is 29.8 Å². The summed E-state index contributed by atoms with van der Waals surface area (Å²) >= 11 is 0. The predicted octanol–water partition coefficient (Wildman–Crippen LogP) is 2.24. The number of aliphatic hydroxyl groups excluding tert-OH is 1. The molecule has 5 heteroatoms. The molecule has 1 saturated carbocycles.